The minimum atomic E-state index is 0.143. The number of allylic oxidation sites excluding steroid dienone is 1. The van der Waals surface area contributed by atoms with E-state index in [0.717, 1.165) is 30.8 Å². The van der Waals surface area contributed by atoms with E-state index in [-0.39, 0.29) is 11.6 Å². The summed E-state index contributed by atoms with van der Waals surface area (Å²) in [5.41, 5.74) is 4.37. The Balaban J connectivity index is 1.97. The summed E-state index contributed by atoms with van der Waals surface area (Å²) < 4.78 is 11.0. The van der Waals surface area contributed by atoms with Crippen LogP contribution in [0.1, 0.15) is 43.8 Å². The second-order valence-electron chi connectivity index (χ2n) is 5.23. The molecule has 1 aromatic heterocycles. The molecule has 0 aliphatic rings. The maximum absolute atomic E-state index is 9.04. The van der Waals surface area contributed by atoms with Gasteiger partial charge >= 0.3 is 0 Å². The molecule has 0 fully saturated rings. The molecular formula is C18H20N4O2. The van der Waals surface area contributed by atoms with E-state index in [1.54, 1.807) is 13.1 Å². The van der Waals surface area contributed by atoms with Gasteiger partial charge in [0.05, 0.1) is 12.8 Å². The van der Waals surface area contributed by atoms with Crippen LogP contribution >= 0.6 is 0 Å². The van der Waals surface area contributed by atoms with Crippen LogP contribution in [0.15, 0.2) is 40.4 Å². The van der Waals surface area contributed by atoms with Crippen LogP contribution in [0.25, 0.3) is 5.57 Å². The van der Waals surface area contributed by atoms with E-state index in [1.807, 2.05) is 30.3 Å². The van der Waals surface area contributed by atoms with E-state index in [2.05, 4.69) is 29.0 Å². The van der Waals surface area contributed by atoms with Crippen molar-refractivity contribution < 1.29 is 9.15 Å². The van der Waals surface area contributed by atoms with Crippen LogP contribution in [0, 0.1) is 11.3 Å². The molecule has 2 rings (SSSR count). The lowest BCUT2D eigenvalue weighted by molar-refractivity contribution is 0.309. The third kappa shape index (κ3) is 4.71. The Kier molecular flexibility index (Phi) is 6.15. The fraction of sp³-hybridized carbons (Fsp3) is 0.278. The Bertz CT molecular complexity index is 754. The molecule has 24 heavy (non-hydrogen) atoms. The van der Waals surface area contributed by atoms with Crippen molar-refractivity contribution in [2.75, 3.05) is 12.0 Å². The molecule has 0 bridgehead atoms. The molecule has 1 N–H and O–H groups in total. The lowest BCUT2D eigenvalue weighted by atomic mass is 10.2. The van der Waals surface area contributed by atoms with E-state index >= 15 is 0 Å². The quantitative estimate of drug-likeness (QED) is 0.447. The molecule has 0 amide bonds. The predicted molar refractivity (Wildman–Crippen MR) is 94.0 cm³/mol. The van der Waals surface area contributed by atoms with Gasteiger partial charge in [0, 0.05) is 5.57 Å². The van der Waals surface area contributed by atoms with Crippen molar-refractivity contribution >= 4 is 17.7 Å². The molecule has 1 heterocycles. The summed E-state index contributed by atoms with van der Waals surface area (Å²) in [7, 11) is 0. The lowest BCUT2D eigenvalue weighted by Gasteiger charge is -2.04. The van der Waals surface area contributed by atoms with Crippen LogP contribution in [0.3, 0.4) is 0 Å². The highest BCUT2D eigenvalue weighted by molar-refractivity contribution is 5.80. The van der Waals surface area contributed by atoms with Gasteiger partial charge in [-0.2, -0.15) is 15.3 Å². The lowest BCUT2D eigenvalue weighted by Crippen LogP contribution is -1.96. The van der Waals surface area contributed by atoms with Gasteiger partial charge in [-0.05, 0) is 43.2 Å². The Morgan fingerprint density at radius 2 is 2.21 bits per heavy atom. The normalized spacial score (nSPS) is 10.5. The molecule has 2 aromatic rings. The van der Waals surface area contributed by atoms with E-state index in [1.165, 1.54) is 0 Å². The molecular weight excluding hydrogens is 304 g/mol. The summed E-state index contributed by atoms with van der Waals surface area (Å²) in [5, 5.41) is 13.1. The van der Waals surface area contributed by atoms with Crippen molar-refractivity contribution in [2.45, 2.75) is 26.7 Å². The minimum Gasteiger partial charge on any atom is -0.494 e. The van der Waals surface area contributed by atoms with Crippen molar-refractivity contribution in [1.82, 2.24) is 4.98 Å². The van der Waals surface area contributed by atoms with Gasteiger partial charge in [-0.15, -0.1) is 0 Å². The smallest absolute Gasteiger partial charge is 0.252 e. The van der Waals surface area contributed by atoms with Crippen LogP contribution in [0.2, 0.25) is 0 Å². The summed E-state index contributed by atoms with van der Waals surface area (Å²) >= 11 is 0. The number of hydrazone groups is 1. The number of oxazole rings is 1. The number of nitrogens with zero attached hydrogens (tertiary/aromatic N) is 3. The average Bonchev–Trinajstić information content (AvgIpc) is 3.00. The molecule has 0 aliphatic heterocycles. The zero-order valence-electron chi connectivity index (χ0n) is 13.9. The number of nitriles is 1. The number of anilines is 1. The largest absolute Gasteiger partial charge is 0.494 e. The van der Waals surface area contributed by atoms with Crippen LogP contribution in [0.5, 0.6) is 5.75 Å². The molecule has 0 aliphatic carbocycles. The molecule has 0 unspecified atom stereocenters. The molecule has 0 saturated carbocycles. The Hall–Kier alpha value is -3.07. The van der Waals surface area contributed by atoms with Gasteiger partial charge in [0.1, 0.15) is 11.8 Å². The van der Waals surface area contributed by atoms with Crippen LogP contribution in [-0.2, 0) is 0 Å². The van der Waals surface area contributed by atoms with Crippen LogP contribution in [-0.4, -0.2) is 17.8 Å². The van der Waals surface area contributed by atoms with Gasteiger partial charge < -0.3 is 9.15 Å². The van der Waals surface area contributed by atoms with Crippen LogP contribution < -0.4 is 10.2 Å². The van der Waals surface area contributed by atoms with Gasteiger partial charge in [0.2, 0.25) is 11.6 Å². The SMILES string of the molecule is C=C(C)c1nc(C#N)c(NN=Cc2ccc(OCCCC)cc2)o1. The maximum atomic E-state index is 9.04. The second kappa shape index (κ2) is 8.53. The third-order valence-corrected chi connectivity index (χ3v) is 3.12. The fourth-order valence-electron chi connectivity index (χ4n) is 1.80. The number of nitrogens with one attached hydrogen (secondary N) is 1. The minimum absolute atomic E-state index is 0.143. The first-order valence-electron chi connectivity index (χ1n) is 7.72. The van der Waals surface area contributed by atoms with Crippen molar-refractivity contribution in [3.63, 3.8) is 0 Å². The zero-order valence-corrected chi connectivity index (χ0v) is 13.9. The molecule has 124 valence electrons. The number of aromatic nitrogens is 1. The van der Waals surface area contributed by atoms with Gasteiger partial charge in [0.25, 0.3) is 5.88 Å². The topological polar surface area (TPSA) is 83.4 Å². The molecule has 6 heteroatoms. The first-order chi connectivity index (χ1) is 11.6. The second-order valence-corrected chi connectivity index (χ2v) is 5.23. The molecule has 0 radical (unpaired) electrons. The number of unbranched alkanes of at least 4 members (excludes halogenated alkanes) is 1. The van der Waals surface area contributed by atoms with Crippen molar-refractivity contribution in [3.8, 4) is 11.8 Å². The highest BCUT2D eigenvalue weighted by Crippen LogP contribution is 2.20. The van der Waals surface area contributed by atoms with Crippen molar-refractivity contribution in [3.05, 3.63) is 48.0 Å². The average molecular weight is 324 g/mol. The summed E-state index contributed by atoms with van der Waals surface area (Å²) in [5.74, 6) is 1.35. The number of rotatable bonds is 8. The van der Waals surface area contributed by atoms with Gasteiger partial charge in [-0.3, -0.25) is 0 Å². The van der Waals surface area contributed by atoms with E-state index in [4.69, 9.17) is 14.4 Å². The number of hydrogen-bond donors (Lipinski definition) is 1. The highest BCUT2D eigenvalue weighted by atomic mass is 16.5. The standard InChI is InChI=1S/C18H20N4O2/c1-4-5-10-23-15-8-6-14(7-9-15)12-20-22-18-16(11-19)21-17(24-18)13(2)3/h6-9,12,22H,2,4-5,10H2,1,3H3. The fourth-order valence-corrected chi connectivity index (χ4v) is 1.80. The number of ether oxygens (including phenoxy) is 1. The molecule has 0 atom stereocenters. The van der Waals surface area contributed by atoms with Crippen LogP contribution in [0.4, 0.5) is 5.88 Å². The van der Waals surface area contributed by atoms with Gasteiger partial charge in [-0.1, -0.05) is 19.9 Å². The van der Waals surface area contributed by atoms with E-state index in [9.17, 15) is 0 Å². The van der Waals surface area contributed by atoms with Crippen molar-refractivity contribution in [1.29, 1.82) is 5.26 Å². The third-order valence-electron chi connectivity index (χ3n) is 3.12. The first-order valence-corrected chi connectivity index (χ1v) is 7.72. The Morgan fingerprint density at radius 1 is 1.46 bits per heavy atom. The van der Waals surface area contributed by atoms with E-state index < -0.39 is 0 Å². The number of hydrogen-bond acceptors (Lipinski definition) is 6. The Labute approximate surface area is 141 Å². The maximum Gasteiger partial charge on any atom is 0.252 e. The molecule has 6 nitrogen and oxygen atoms in total. The number of benzene rings is 1. The highest BCUT2D eigenvalue weighted by Gasteiger charge is 2.12. The summed E-state index contributed by atoms with van der Waals surface area (Å²) in [6.07, 6.45) is 3.77. The van der Waals surface area contributed by atoms with Gasteiger partial charge in [-0.25, -0.2) is 5.43 Å². The summed E-state index contributed by atoms with van der Waals surface area (Å²) in [6.45, 7) is 8.33. The molecule has 0 spiro atoms. The monoisotopic (exact) mass is 324 g/mol. The summed E-state index contributed by atoms with van der Waals surface area (Å²) in [4.78, 5) is 4.02. The summed E-state index contributed by atoms with van der Waals surface area (Å²) in [6, 6.07) is 9.54. The molecule has 0 saturated heterocycles. The van der Waals surface area contributed by atoms with E-state index in [0.29, 0.717) is 11.5 Å². The predicted octanol–water partition coefficient (Wildman–Crippen LogP) is 4.20. The molecule has 1 aromatic carbocycles. The van der Waals surface area contributed by atoms with Crippen molar-refractivity contribution in [2.24, 2.45) is 5.10 Å². The first kappa shape index (κ1) is 17.3. The Morgan fingerprint density at radius 3 is 2.83 bits per heavy atom. The zero-order chi connectivity index (χ0) is 17.4. The van der Waals surface area contributed by atoms with Gasteiger partial charge in [0.15, 0.2) is 0 Å².